The van der Waals surface area contributed by atoms with E-state index in [2.05, 4.69) is 20.8 Å². The molecule has 0 radical (unpaired) electrons. The lowest BCUT2D eigenvalue weighted by Gasteiger charge is -2.29. The van der Waals surface area contributed by atoms with Crippen LogP contribution in [0.15, 0.2) is 35.6 Å². The van der Waals surface area contributed by atoms with Crippen molar-refractivity contribution < 1.29 is 24.2 Å². The highest BCUT2D eigenvalue weighted by Gasteiger charge is 2.43. The Morgan fingerprint density at radius 1 is 1.19 bits per heavy atom. The van der Waals surface area contributed by atoms with Crippen LogP contribution in [0.2, 0.25) is 0 Å². The number of rotatable bonds is 6. The lowest BCUT2D eigenvalue weighted by atomic mass is 9.85. The van der Waals surface area contributed by atoms with Crippen LogP contribution in [0.25, 0.3) is 0 Å². The summed E-state index contributed by atoms with van der Waals surface area (Å²) in [5.74, 6) is -1.44. The van der Waals surface area contributed by atoms with Crippen molar-refractivity contribution in [2.24, 2.45) is 0 Å². The molecule has 1 aliphatic rings. The number of aliphatic hydroxyl groups is 1. The zero-order chi connectivity index (χ0) is 19.6. The second-order valence-electron chi connectivity index (χ2n) is 7.45. The third-order valence-electron chi connectivity index (χ3n) is 4.65. The first-order chi connectivity index (χ1) is 12.1. The van der Waals surface area contributed by atoms with Gasteiger partial charge in [-0.2, -0.15) is 0 Å². The summed E-state index contributed by atoms with van der Waals surface area (Å²) in [4.78, 5) is 26.1. The summed E-state index contributed by atoms with van der Waals surface area (Å²) in [6.07, 6.45) is -0.658. The van der Waals surface area contributed by atoms with Crippen LogP contribution in [0.1, 0.15) is 44.9 Å². The van der Waals surface area contributed by atoms with Crippen molar-refractivity contribution in [3.8, 4) is 0 Å². The minimum atomic E-state index is -0.665. The smallest absolute Gasteiger partial charge is 0.290 e. The van der Waals surface area contributed by atoms with E-state index in [0.717, 1.165) is 11.1 Å². The third kappa shape index (κ3) is 3.81. The van der Waals surface area contributed by atoms with Gasteiger partial charge >= 0.3 is 0 Å². The number of hydrogen-bond acceptors (Lipinski definition) is 5. The van der Waals surface area contributed by atoms with E-state index in [0.29, 0.717) is 0 Å². The Hall–Kier alpha value is -2.18. The molecule has 6 heteroatoms. The molecule has 1 amide bonds. The van der Waals surface area contributed by atoms with Crippen LogP contribution in [-0.4, -0.2) is 48.8 Å². The van der Waals surface area contributed by atoms with Gasteiger partial charge in [0, 0.05) is 14.2 Å². The van der Waals surface area contributed by atoms with Gasteiger partial charge in [-0.3, -0.25) is 9.59 Å². The largest absolute Gasteiger partial charge is 0.503 e. The molecule has 1 heterocycles. The highest BCUT2D eigenvalue weighted by atomic mass is 16.7. The van der Waals surface area contributed by atoms with Gasteiger partial charge in [-0.1, -0.05) is 45.0 Å². The number of nitrogens with zero attached hydrogens (tertiary/aromatic N) is 1. The van der Waals surface area contributed by atoms with Gasteiger partial charge in [0.2, 0.25) is 0 Å². The Labute approximate surface area is 154 Å². The fraction of sp³-hybridized carbons (Fsp3) is 0.500. The van der Waals surface area contributed by atoms with E-state index in [1.54, 1.807) is 0 Å². The summed E-state index contributed by atoms with van der Waals surface area (Å²) in [5, 5.41) is 10.3. The molecule has 1 aromatic carbocycles. The maximum atomic E-state index is 12.6. The van der Waals surface area contributed by atoms with Crippen molar-refractivity contribution >= 4 is 11.7 Å². The molecular formula is C20H27NO5. The lowest BCUT2D eigenvalue weighted by Crippen LogP contribution is -2.38. The standard InChI is InChI=1S/C20H27NO5/c1-12(22)16-17(13-7-9-14(10-8-13)20(2,3)4)21(19(24)18(16)23)11-15(25-5)26-6/h7-10,15,17,23H,11H2,1-6H3/t17-/m1/s1. The van der Waals surface area contributed by atoms with Crippen molar-refractivity contribution in [2.75, 3.05) is 20.8 Å². The van der Waals surface area contributed by atoms with E-state index < -0.39 is 24.0 Å². The second-order valence-corrected chi connectivity index (χ2v) is 7.45. The molecule has 0 saturated carbocycles. The van der Waals surface area contributed by atoms with Crippen molar-refractivity contribution in [1.82, 2.24) is 4.90 Å². The molecule has 2 rings (SSSR count). The van der Waals surface area contributed by atoms with Crippen LogP contribution in [0.4, 0.5) is 0 Å². The summed E-state index contributed by atoms with van der Waals surface area (Å²) in [6.45, 7) is 7.78. The maximum absolute atomic E-state index is 12.6. The molecule has 0 spiro atoms. The predicted molar refractivity (Wildman–Crippen MR) is 97.7 cm³/mol. The summed E-state index contributed by atoms with van der Waals surface area (Å²) >= 11 is 0. The number of aliphatic hydroxyl groups excluding tert-OH is 1. The lowest BCUT2D eigenvalue weighted by molar-refractivity contribution is -0.144. The maximum Gasteiger partial charge on any atom is 0.290 e. The van der Waals surface area contributed by atoms with E-state index in [1.807, 2.05) is 24.3 Å². The van der Waals surface area contributed by atoms with Gasteiger partial charge in [0.05, 0.1) is 18.2 Å². The number of Topliss-reactive ketones (excluding diaryl/α,β-unsaturated/α-hetero) is 1. The van der Waals surface area contributed by atoms with Crippen LogP contribution < -0.4 is 0 Å². The van der Waals surface area contributed by atoms with Gasteiger partial charge in [-0.05, 0) is 23.5 Å². The SMILES string of the molecule is COC(CN1C(=O)C(O)=C(C(C)=O)[C@H]1c1ccc(C(C)(C)C)cc1)OC. The van der Waals surface area contributed by atoms with E-state index in [4.69, 9.17) is 9.47 Å². The molecule has 1 N–H and O–H groups in total. The Morgan fingerprint density at radius 3 is 2.15 bits per heavy atom. The Bertz CT molecular complexity index is 711. The van der Waals surface area contributed by atoms with E-state index in [9.17, 15) is 14.7 Å². The second kappa shape index (κ2) is 7.60. The highest BCUT2D eigenvalue weighted by Crippen LogP contribution is 2.38. The monoisotopic (exact) mass is 361 g/mol. The number of benzene rings is 1. The van der Waals surface area contributed by atoms with Crippen LogP contribution in [0, 0.1) is 0 Å². The molecule has 0 saturated heterocycles. The van der Waals surface area contributed by atoms with E-state index in [1.165, 1.54) is 26.0 Å². The normalized spacial score (nSPS) is 18.2. The van der Waals surface area contributed by atoms with Gasteiger partial charge in [0.1, 0.15) is 0 Å². The number of ketones is 1. The number of hydrogen-bond donors (Lipinski definition) is 1. The van der Waals surface area contributed by atoms with Crippen LogP contribution in [-0.2, 0) is 24.5 Å². The molecule has 0 aromatic heterocycles. The first kappa shape index (κ1) is 20.1. The average Bonchev–Trinajstić information content (AvgIpc) is 2.83. The highest BCUT2D eigenvalue weighted by molar-refractivity contribution is 6.08. The molecule has 26 heavy (non-hydrogen) atoms. The van der Waals surface area contributed by atoms with Crippen molar-refractivity contribution in [2.45, 2.75) is 45.4 Å². The molecular weight excluding hydrogens is 334 g/mol. The molecule has 1 atom stereocenters. The topological polar surface area (TPSA) is 76.1 Å². The van der Waals surface area contributed by atoms with Crippen LogP contribution >= 0.6 is 0 Å². The predicted octanol–water partition coefficient (Wildman–Crippen LogP) is 2.89. The summed E-state index contributed by atoms with van der Waals surface area (Å²) in [6, 6.07) is 7.08. The fourth-order valence-electron chi connectivity index (χ4n) is 3.12. The van der Waals surface area contributed by atoms with Crippen molar-refractivity contribution in [1.29, 1.82) is 0 Å². The minimum Gasteiger partial charge on any atom is -0.503 e. The van der Waals surface area contributed by atoms with E-state index >= 15 is 0 Å². The van der Waals surface area contributed by atoms with Crippen LogP contribution in [0.3, 0.4) is 0 Å². The number of amides is 1. The molecule has 0 unspecified atom stereocenters. The van der Waals surface area contributed by atoms with E-state index in [-0.39, 0.29) is 23.3 Å². The van der Waals surface area contributed by atoms with Gasteiger partial charge in [0.15, 0.2) is 17.8 Å². The van der Waals surface area contributed by atoms with Crippen LogP contribution in [0.5, 0.6) is 0 Å². The first-order valence-electron chi connectivity index (χ1n) is 8.52. The van der Waals surface area contributed by atoms with Crippen molar-refractivity contribution in [3.63, 3.8) is 0 Å². The Balaban J connectivity index is 2.47. The third-order valence-corrected chi connectivity index (χ3v) is 4.65. The first-order valence-corrected chi connectivity index (χ1v) is 8.52. The zero-order valence-corrected chi connectivity index (χ0v) is 16.2. The Kier molecular flexibility index (Phi) is 5.88. The molecule has 0 fully saturated rings. The molecule has 6 nitrogen and oxygen atoms in total. The number of methoxy groups -OCH3 is 2. The number of carbonyl (C=O) groups is 2. The van der Waals surface area contributed by atoms with Gasteiger partial charge in [0.25, 0.3) is 5.91 Å². The molecule has 1 aliphatic heterocycles. The van der Waals surface area contributed by atoms with Gasteiger partial charge < -0.3 is 19.5 Å². The average molecular weight is 361 g/mol. The summed E-state index contributed by atoms with van der Waals surface area (Å²) in [5.41, 5.74) is 1.99. The molecule has 0 aliphatic carbocycles. The minimum absolute atomic E-state index is 0.0116. The molecule has 0 bridgehead atoms. The molecule has 142 valence electrons. The summed E-state index contributed by atoms with van der Waals surface area (Å²) < 4.78 is 10.4. The quantitative estimate of drug-likeness (QED) is 0.789. The summed E-state index contributed by atoms with van der Waals surface area (Å²) in [7, 11) is 2.95. The number of ether oxygens (including phenoxy) is 2. The zero-order valence-electron chi connectivity index (χ0n) is 16.2. The molecule has 1 aromatic rings. The fourth-order valence-corrected chi connectivity index (χ4v) is 3.12. The van der Waals surface area contributed by atoms with Gasteiger partial charge in [-0.25, -0.2) is 0 Å². The number of carbonyl (C=O) groups excluding carboxylic acids is 2. The Morgan fingerprint density at radius 2 is 1.73 bits per heavy atom. The van der Waals surface area contributed by atoms with Crippen molar-refractivity contribution in [3.05, 3.63) is 46.7 Å². The van der Waals surface area contributed by atoms with Gasteiger partial charge in [-0.15, -0.1) is 0 Å².